The van der Waals surface area contributed by atoms with Crippen molar-refractivity contribution < 1.29 is 31.2 Å². The van der Waals surface area contributed by atoms with Crippen LogP contribution in [0.3, 0.4) is 0 Å². The predicted molar refractivity (Wildman–Crippen MR) is 108 cm³/mol. The Balaban J connectivity index is 1.88. The van der Waals surface area contributed by atoms with Crippen molar-refractivity contribution in [1.82, 2.24) is 19.4 Å². The van der Waals surface area contributed by atoms with Gasteiger partial charge in [0.25, 0.3) is 0 Å². The zero-order chi connectivity index (χ0) is 23.2. The second kappa shape index (κ2) is 10.4. The summed E-state index contributed by atoms with van der Waals surface area (Å²) in [5.74, 6) is -0.469. The molecule has 1 aromatic rings. The first-order chi connectivity index (χ1) is 14.5. The number of amides is 2. The maximum absolute atomic E-state index is 12.8. The lowest BCUT2D eigenvalue weighted by atomic mass is 10.2. The molecule has 1 fully saturated rings. The van der Waals surface area contributed by atoms with Gasteiger partial charge in [-0.25, -0.2) is 13.1 Å². The summed E-state index contributed by atoms with van der Waals surface area (Å²) >= 11 is 0. The molecule has 1 aliphatic rings. The highest BCUT2D eigenvalue weighted by Crippen LogP contribution is 2.30. The number of sulfonamides is 1. The molecule has 2 rings (SSSR count). The molecule has 1 N–H and O–H groups in total. The number of carbonyl (C=O) groups is 2. The Morgan fingerprint density at radius 2 is 1.71 bits per heavy atom. The zero-order valence-corrected chi connectivity index (χ0v) is 18.3. The number of likely N-dealkylation sites (N-methyl/N-ethyl adjacent to an activating group) is 1. The monoisotopic (exact) mass is 464 g/mol. The van der Waals surface area contributed by atoms with Crippen molar-refractivity contribution in [3.63, 3.8) is 0 Å². The lowest BCUT2D eigenvalue weighted by Gasteiger charge is -2.35. The van der Waals surface area contributed by atoms with E-state index in [2.05, 4.69) is 4.72 Å². The lowest BCUT2D eigenvalue weighted by molar-refractivity contribution is -0.138. The quantitative estimate of drug-likeness (QED) is 0.620. The first kappa shape index (κ1) is 25.1. The normalized spacial score (nSPS) is 15.7. The van der Waals surface area contributed by atoms with Gasteiger partial charge >= 0.3 is 6.18 Å². The summed E-state index contributed by atoms with van der Waals surface area (Å²) in [4.78, 5) is 29.1. The number of piperazine rings is 1. The number of carbonyl (C=O) groups excluding carboxylic acids is 2. The molecule has 1 aliphatic heterocycles. The van der Waals surface area contributed by atoms with Crippen molar-refractivity contribution in [3.05, 3.63) is 29.8 Å². The van der Waals surface area contributed by atoms with Crippen LogP contribution in [0.2, 0.25) is 0 Å². The largest absolute Gasteiger partial charge is 0.416 e. The topological polar surface area (TPSA) is 90.0 Å². The van der Waals surface area contributed by atoms with Crippen LogP contribution in [0.4, 0.5) is 13.2 Å². The van der Waals surface area contributed by atoms with E-state index in [1.807, 2.05) is 18.7 Å². The number of halogens is 3. The fourth-order valence-electron chi connectivity index (χ4n) is 3.21. The number of rotatable bonds is 8. The molecule has 1 saturated heterocycles. The van der Waals surface area contributed by atoms with Gasteiger partial charge in [-0.15, -0.1) is 0 Å². The number of hydrogen-bond acceptors (Lipinski definition) is 5. The van der Waals surface area contributed by atoms with Crippen LogP contribution < -0.4 is 4.72 Å². The third-order valence-corrected chi connectivity index (χ3v) is 6.48. The summed E-state index contributed by atoms with van der Waals surface area (Å²) < 4.78 is 65.1. The molecule has 12 heteroatoms. The Labute approximate surface area is 180 Å². The minimum atomic E-state index is -4.67. The smallest absolute Gasteiger partial charge is 0.342 e. The van der Waals surface area contributed by atoms with Gasteiger partial charge in [-0.1, -0.05) is 6.07 Å². The molecule has 0 radical (unpaired) electrons. The number of benzene rings is 1. The maximum Gasteiger partial charge on any atom is 0.416 e. The van der Waals surface area contributed by atoms with E-state index < -0.39 is 39.1 Å². The fourth-order valence-corrected chi connectivity index (χ4v) is 4.23. The van der Waals surface area contributed by atoms with Gasteiger partial charge < -0.3 is 9.80 Å². The van der Waals surface area contributed by atoms with Crippen LogP contribution in [0.15, 0.2) is 29.2 Å². The van der Waals surface area contributed by atoms with Crippen molar-refractivity contribution in [1.29, 1.82) is 0 Å². The number of nitrogens with one attached hydrogen (secondary N) is 1. The van der Waals surface area contributed by atoms with Crippen molar-refractivity contribution in [3.8, 4) is 0 Å². The Morgan fingerprint density at radius 3 is 2.26 bits per heavy atom. The molecule has 0 aliphatic carbocycles. The first-order valence-electron chi connectivity index (χ1n) is 9.92. The molecule has 0 bridgehead atoms. The summed E-state index contributed by atoms with van der Waals surface area (Å²) in [5.41, 5.74) is -1.09. The second-order valence-corrected chi connectivity index (χ2v) is 8.84. The van der Waals surface area contributed by atoms with Crippen LogP contribution in [0.25, 0.3) is 0 Å². The minimum absolute atomic E-state index is 0.0126. The molecule has 1 heterocycles. The van der Waals surface area contributed by atoms with Crippen LogP contribution in [0.5, 0.6) is 0 Å². The molecule has 0 atom stereocenters. The Bertz CT molecular complexity index is 880. The summed E-state index contributed by atoms with van der Waals surface area (Å²) in [6, 6.07) is 3.33. The van der Waals surface area contributed by atoms with Crippen LogP contribution in [-0.4, -0.2) is 87.3 Å². The third kappa shape index (κ3) is 6.91. The van der Waals surface area contributed by atoms with E-state index in [4.69, 9.17) is 0 Å². The molecule has 8 nitrogen and oxygen atoms in total. The molecule has 1 aromatic carbocycles. The molecular formula is C19H27F3N4O4S. The summed E-state index contributed by atoms with van der Waals surface area (Å²) in [6.45, 7) is 6.35. The molecule has 0 aromatic heterocycles. The van der Waals surface area contributed by atoms with Gasteiger partial charge in [-0.2, -0.15) is 13.2 Å². The van der Waals surface area contributed by atoms with Gasteiger partial charge in [0.15, 0.2) is 0 Å². The average Bonchev–Trinajstić information content (AvgIpc) is 2.73. The Morgan fingerprint density at radius 1 is 1.10 bits per heavy atom. The highest BCUT2D eigenvalue weighted by atomic mass is 32.2. The van der Waals surface area contributed by atoms with Gasteiger partial charge in [0.05, 0.1) is 23.5 Å². The van der Waals surface area contributed by atoms with E-state index in [1.54, 1.807) is 4.90 Å². The summed E-state index contributed by atoms with van der Waals surface area (Å²) in [7, 11) is -4.28. The molecule has 0 spiro atoms. The van der Waals surface area contributed by atoms with Crippen LogP contribution in [0, 0.1) is 0 Å². The van der Waals surface area contributed by atoms with E-state index in [0.29, 0.717) is 45.3 Å². The van der Waals surface area contributed by atoms with Gasteiger partial charge in [-0.3, -0.25) is 14.5 Å². The third-order valence-electron chi connectivity index (χ3n) is 5.09. The van der Waals surface area contributed by atoms with Crippen LogP contribution >= 0.6 is 0 Å². The van der Waals surface area contributed by atoms with E-state index in [1.165, 1.54) is 4.90 Å². The van der Waals surface area contributed by atoms with E-state index in [-0.39, 0.29) is 12.5 Å². The molecule has 0 unspecified atom stereocenters. The number of hydrogen-bond donors (Lipinski definition) is 1. The van der Waals surface area contributed by atoms with Crippen LogP contribution in [-0.2, 0) is 25.8 Å². The fraction of sp³-hybridized carbons (Fsp3) is 0.579. The Hall–Kier alpha value is -2.18. The summed E-state index contributed by atoms with van der Waals surface area (Å²) in [5, 5.41) is 0. The van der Waals surface area contributed by atoms with E-state index >= 15 is 0 Å². The molecule has 0 saturated carbocycles. The molecule has 174 valence electrons. The zero-order valence-electron chi connectivity index (χ0n) is 17.5. The van der Waals surface area contributed by atoms with Gasteiger partial charge in [0.1, 0.15) is 0 Å². The highest BCUT2D eigenvalue weighted by molar-refractivity contribution is 7.89. The van der Waals surface area contributed by atoms with Gasteiger partial charge in [0.2, 0.25) is 21.8 Å². The molecule has 2 amide bonds. The summed E-state index contributed by atoms with van der Waals surface area (Å²) in [6.07, 6.45) is -4.67. The van der Waals surface area contributed by atoms with Gasteiger partial charge in [0, 0.05) is 39.3 Å². The standard InChI is InChI=1S/C19H27F3N4O4S/c1-3-25(4-2)18(28)14-24-8-10-26(11-9-24)17(27)13-23-31(29,30)16-7-5-6-15(12-16)19(20,21)22/h5-7,12,23H,3-4,8-11,13-14H2,1-2H3. The SMILES string of the molecule is CCN(CC)C(=O)CN1CCN(C(=O)CNS(=O)(=O)c2cccc(C(F)(F)F)c2)CC1. The maximum atomic E-state index is 12.8. The van der Waals surface area contributed by atoms with Crippen molar-refractivity contribution in [2.24, 2.45) is 0 Å². The van der Waals surface area contributed by atoms with Crippen molar-refractivity contribution >= 4 is 21.8 Å². The lowest BCUT2D eigenvalue weighted by Crippen LogP contribution is -2.53. The predicted octanol–water partition coefficient (Wildman–Crippen LogP) is 0.996. The molecule has 31 heavy (non-hydrogen) atoms. The van der Waals surface area contributed by atoms with E-state index in [0.717, 1.165) is 18.2 Å². The highest BCUT2D eigenvalue weighted by Gasteiger charge is 2.32. The molecular weight excluding hydrogens is 437 g/mol. The number of nitrogens with zero attached hydrogens (tertiary/aromatic N) is 3. The number of alkyl halides is 3. The van der Waals surface area contributed by atoms with Crippen molar-refractivity contribution in [2.75, 3.05) is 52.4 Å². The second-order valence-electron chi connectivity index (χ2n) is 7.07. The first-order valence-corrected chi connectivity index (χ1v) is 11.4. The Kier molecular flexibility index (Phi) is 8.43. The van der Waals surface area contributed by atoms with Gasteiger partial charge in [-0.05, 0) is 32.0 Å². The minimum Gasteiger partial charge on any atom is -0.342 e. The van der Waals surface area contributed by atoms with E-state index in [9.17, 15) is 31.2 Å². The average molecular weight is 465 g/mol. The van der Waals surface area contributed by atoms with Crippen LogP contribution in [0.1, 0.15) is 19.4 Å². The van der Waals surface area contributed by atoms with Crippen molar-refractivity contribution in [2.45, 2.75) is 24.9 Å².